The summed E-state index contributed by atoms with van der Waals surface area (Å²) in [5.41, 5.74) is 1.71. The van der Waals surface area contributed by atoms with Crippen molar-refractivity contribution in [3.63, 3.8) is 0 Å². The fourth-order valence-electron chi connectivity index (χ4n) is 2.71. The van der Waals surface area contributed by atoms with Crippen LogP contribution in [0.5, 0.6) is 5.75 Å². The maximum absolute atomic E-state index is 14.9. The SMILES string of the molecule is COc1ccc(-c2cc3ccccn3n2)c(CNC(=O)OC(C)(C)C)c1F. The minimum Gasteiger partial charge on any atom is -0.494 e. The first kappa shape index (κ1) is 18.7. The van der Waals surface area contributed by atoms with Crippen LogP contribution in [0.2, 0.25) is 0 Å². The van der Waals surface area contributed by atoms with Gasteiger partial charge in [-0.15, -0.1) is 0 Å². The van der Waals surface area contributed by atoms with Crippen LogP contribution in [0, 0.1) is 5.82 Å². The number of methoxy groups -OCH3 is 1. The lowest BCUT2D eigenvalue weighted by molar-refractivity contribution is 0.0523. The number of halogens is 1. The first-order chi connectivity index (χ1) is 12.8. The van der Waals surface area contributed by atoms with Gasteiger partial charge < -0.3 is 14.8 Å². The van der Waals surface area contributed by atoms with Crippen LogP contribution in [0.4, 0.5) is 9.18 Å². The average Bonchev–Trinajstić information content (AvgIpc) is 3.02. The minimum atomic E-state index is -0.637. The standard InChI is InChI=1S/C20H22FN3O3/c1-20(2,3)27-19(25)22-12-15-14(8-9-17(26-4)18(15)21)16-11-13-7-5-6-10-24(13)23-16/h5-11H,12H2,1-4H3,(H,22,25). The molecular weight excluding hydrogens is 349 g/mol. The predicted molar refractivity (Wildman–Crippen MR) is 100 cm³/mol. The Morgan fingerprint density at radius 2 is 2.04 bits per heavy atom. The molecule has 2 heterocycles. The van der Waals surface area contributed by atoms with E-state index in [1.54, 1.807) is 37.4 Å². The summed E-state index contributed by atoms with van der Waals surface area (Å²) in [6.07, 6.45) is 1.20. The number of rotatable bonds is 4. The molecular formula is C20H22FN3O3. The number of hydrogen-bond acceptors (Lipinski definition) is 4. The van der Waals surface area contributed by atoms with Gasteiger partial charge in [0.2, 0.25) is 0 Å². The average molecular weight is 371 g/mol. The Morgan fingerprint density at radius 3 is 2.70 bits per heavy atom. The predicted octanol–water partition coefficient (Wildman–Crippen LogP) is 4.17. The van der Waals surface area contributed by atoms with Crippen molar-refractivity contribution < 1.29 is 18.7 Å². The number of benzene rings is 1. The van der Waals surface area contributed by atoms with Crippen LogP contribution in [-0.2, 0) is 11.3 Å². The number of pyridine rings is 1. The van der Waals surface area contributed by atoms with Crippen molar-refractivity contribution in [1.82, 2.24) is 14.9 Å². The lowest BCUT2D eigenvalue weighted by Crippen LogP contribution is -2.32. The van der Waals surface area contributed by atoms with E-state index in [-0.39, 0.29) is 17.9 Å². The van der Waals surface area contributed by atoms with Gasteiger partial charge in [0, 0.05) is 23.9 Å². The van der Waals surface area contributed by atoms with Crippen molar-refractivity contribution in [1.29, 1.82) is 0 Å². The van der Waals surface area contributed by atoms with E-state index in [2.05, 4.69) is 10.4 Å². The van der Waals surface area contributed by atoms with Gasteiger partial charge in [-0.3, -0.25) is 0 Å². The van der Waals surface area contributed by atoms with E-state index < -0.39 is 17.5 Å². The number of carbonyl (C=O) groups is 1. The quantitative estimate of drug-likeness (QED) is 0.747. The molecule has 0 bridgehead atoms. The first-order valence-electron chi connectivity index (χ1n) is 8.55. The Kier molecular flexibility index (Phi) is 5.03. The van der Waals surface area contributed by atoms with Crippen LogP contribution in [-0.4, -0.2) is 28.4 Å². The lowest BCUT2D eigenvalue weighted by atomic mass is 10.0. The fourth-order valence-corrected chi connectivity index (χ4v) is 2.71. The molecule has 1 aromatic carbocycles. The van der Waals surface area contributed by atoms with Gasteiger partial charge >= 0.3 is 6.09 Å². The number of fused-ring (bicyclic) bond motifs is 1. The molecule has 0 saturated carbocycles. The van der Waals surface area contributed by atoms with E-state index >= 15 is 0 Å². The smallest absolute Gasteiger partial charge is 0.407 e. The number of carbonyl (C=O) groups excluding carboxylic acids is 1. The third kappa shape index (κ3) is 4.19. The normalized spacial score (nSPS) is 11.4. The first-order valence-corrected chi connectivity index (χ1v) is 8.55. The molecule has 0 saturated heterocycles. The molecule has 6 nitrogen and oxygen atoms in total. The van der Waals surface area contributed by atoms with Crippen LogP contribution in [0.1, 0.15) is 26.3 Å². The van der Waals surface area contributed by atoms with Gasteiger partial charge in [0.25, 0.3) is 0 Å². The summed E-state index contributed by atoms with van der Waals surface area (Å²) in [6, 6.07) is 10.8. The number of hydrogen-bond donors (Lipinski definition) is 1. The molecule has 0 aliphatic rings. The van der Waals surface area contributed by atoms with Crippen LogP contribution < -0.4 is 10.1 Å². The van der Waals surface area contributed by atoms with E-state index in [9.17, 15) is 9.18 Å². The zero-order chi connectivity index (χ0) is 19.6. The second-order valence-electron chi connectivity index (χ2n) is 7.06. The number of amides is 1. The molecule has 2 aromatic heterocycles. The van der Waals surface area contributed by atoms with Crippen molar-refractivity contribution in [3.05, 3.63) is 54.0 Å². The highest BCUT2D eigenvalue weighted by Crippen LogP contribution is 2.31. The molecule has 1 amide bonds. The largest absolute Gasteiger partial charge is 0.494 e. The maximum Gasteiger partial charge on any atom is 0.407 e. The topological polar surface area (TPSA) is 64.9 Å². The molecule has 3 rings (SSSR count). The van der Waals surface area contributed by atoms with E-state index in [1.165, 1.54) is 7.11 Å². The van der Waals surface area contributed by atoms with Crippen LogP contribution in [0.15, 0.2) is 42.6 Å². The molecule has 0 aliphatic heterocycles. The third-order valence-corrected chi connectivity index (χ3v) is 3.88. The zero-order valence-corrected chi connectivity index (χ0v) is 15.7. The van der Waals surface area contributed by atoms with E-state index in [0.717, 1.165) is 5.52 Å². The van der Waals surface area contributed by atoms with Crippen LogP contribution in [0.3, 0.4) is 0 Å². The second kappa shape index (κ2) is 7.26. The van der Waals surface area contributed by atoms with E-state index in [4.69, 9.17) is 9.47 Å². The van der Waals surface area contributed by atoms with Crippen molar-refractivity contribution >= 4 is 11.6 Å². The highest BCUT2D eigenvalue weighted by atomic mass is 19.1. The molecule has 0 aliphatic carbocycles. The maximum atomic E-state index is 14.9. The summed E-state index contributed by atoms with van der Waals surface area (Å²) in [7, 11) is 1.40. The number of alkyl carbamates (subject to hydrolysis) is 1. The van der Waals surface area contributed by atoms with Gasteiger partial charge in [0.05, 0.1) is 18.3 Å². The van der Waals surface area contributed by atoms with Crippen molar-refractivity contribution in [2.75, 3.05) is 7.11 Å². The molecule has 142 valence electrons. The van der Waals surface area contributed by atoms with E-state index in [0.29, 0.717) is 11.3 Å². The number of nitrogens with zero attached hydrogens (tertiary/aromatic N) is 2. The summed E-state index contributed by atoms with van der Waals surface area (Å²) >= 11 is 0. The number of nitrogens with one attached hydrogen (secondary N) is 1. The van der Waals surface area contributed by atoms with Gasteiger partial charge in [-0.25, -0.2) is 13.7 Å². The highest BCUT2D eigenvalue weighted by molar-refractivity contribution is 5.72. The van der Waals surface area contributed by atoms with Gasteiger partial charge in [-0.05, 0) is 51.1 Å². The Morgan fingerprint density at radius 1 is 1.26 bits per heavy atom. The van der Waals surface area contributed by atoms with Gasteiger partial charge in [0.15, 0.2) is 11.6 Å². The number of ether oxygens (including phenoxy) is 2. The van der Waals surface area contributed by atoms with E-state index in [1.807, 2.05) is 30.5 Å². The van der Waals surface area contributed by atoms with Crippen molar-refractivity contribution in [2.24, 2.45) is 0 Å². The molecule has 3 aromatic rings. The summed E-state index contributed by atoms with van der Waals surface area (Å²) in [5.74, 6) is -0.438. The van der Waals surface area contributed by atoms with Gasteiger partial charge in [0.1, 0.15) is 5.60 Å². The zero-order valence-electron chi connectivity index (χ0n) is 15.7. The molecule has 0 unspecified atom stereocenters. The molecule has 7 heteroatoms. The highest BCUT2D eigenvalue weighted by Gasteiger charge is 2.20. The van der Waals surface area contributed by atoms with Crippen LogP contribution in [0.25, 0.3) is 16.8 Å². The fraction of sp³-hybridized carbons (Fsp3) is 0.300. The minimum absolute atomic E-state index is 0.0544. The molecule has 1 N–H and O–H groups in total. The monoisotopic (exact) mass is 371 g/mol. The van der Waals surface area contributed by atoms with Crippen LogP contribution >= 0.6 is 0 Å². The summed E-state index contributed by atoms with van der Waals surface area (Å²) < 4.78 is 26.9. The Hall–Kier alpha value is -3.09. The molecule has 0 atom stereocenters. The van der Waals surface area contributed by atoms with Gasteiger partial charge in [-0.1, -0.05) is 6.07 Å². The van der Waals surface area contributed by atoms with Crippen molar-refractivity contribution in [3.8, 4) is 17.0 Å². The van der Waals surface area contributed by atoms with Crippen molar-refractivity contribution in [2.45, 2.75) is 32.9 Å². The third-order valence-electron chi connectivity index (χ3n) is 3.88. The summed E-state index contributed by atoms with van der Waals surface area (Å²) in [6.45, 7) is 5.24. The second-order valence-corrected chi connectivity index (χ2v) is 7.06. The Balaban J connectivity index is 1.96. The lowest BCUT2D eigenvalue weighted by Gasteiger charge is -2.20. The summed E-state index contributed by atoms with van der Waals surface area (Å²) in [4.78, 5) is 12.0. The number of aromatic nitrogens is 2. The molecule has 27 heavy (non-hydrogen) atoms. The Labute approximate surface area is 156 Å². The summed E-state index contributed by atoms with van der Waals surface area (Å²) in [5, 5.41) is 7.09. The molecule has 0 fully saturated rings. The Bertz CT molecular complexity index is 943. The van der Waals surface area contributed by atoms with Gasteiger partial charge in [-0.2, -0.15) is 5.10 Å². The molecule has 0 spiro atoms. The molecule has 0 radical (unpaired) electrons.